The van der Waals surface area contributed by atoms with Crippen molar-refractivity contribution in [1.82, 2.24) is 0 Å². The molecule has 0 spiro atoms. The molecule has 314 valence electrons. The minimum atomic E-state index is -0.362. The Morgan fingerprint density at radius 3 is 1.20 bits per heavy atom. The summed E-state index contributed by atoms with van der Waals surface area (Å²) in [6.07, 6.45) is 10.1. The average Bonchev–Trinajstić information content (AvgIpc) is 4.04. The highest BCUT2D eigenvalue weighted by Crippen LogP contribution is 2.51. The lowest BCUT2D eigenvalue weighted by Gasteiger charge is -2.22. The van der Waals surface area contributed by atoms with Gasteiger partial charge in [0.1, 0.15) is 11.5 Å². The molecule has 0 amide bonds. The standard InChI is InChI=1S/C53H54O6S2/c1-5-51(54)58-33-13-9-7-11-31-56-41-21-15-37(16-22-41)47-27-29-49(60-47)39-19-25-43-44-26-20-40(36-46(44)53(3,4)45(43)35-39)50-30-28-48(61-50)38-17-23-42(24-18-38)57-32-12-8-10-14-34-59-52(55)6-2/h5-6,15-30,35-36H,1-2,7-14,31-34H2,3-4H3. The second kappa shape index (κ2) is 20.7. The van der Waals surface area contributed by atoms with E-state index >= 15 is 0 Å². The van der Waals surface area contributed by atoms with Crippen molar-refractivity contribution < 1.29 is 28.5 Å². The third-order valence-electron chi connectivity index (χ3n) is 11.2. The van der Waals surface area contributed by atoms with E-state index in [1.165, 1.54) is 76.2 Å². The van der Waals surface area contributed by atoms with Crippen LogP contribution < -0.4 is 9.47 Å². The first-order chi connectivity index (χ1) is 29.7. The van der Waals surface area contributed by atoms with Crippen LogP contribution in [-0.4, -0.2) is 38.4 Å². The minimum absolute atomic E-state index is 0.136. The molecule has 8 heteroatoms. The number of thiophene rings is 2. The molecule has 0 atom stereocenters. The first-order valence-electron chi connectivity index (χ1n) is 21.3. The van der Waals surface area contributed by atoms with Crippen LogP contribution in [0.1, 0.15) is 76.3 Å². The summed E-state index contributed by atoms with van der Waals surface area (Å²) in [5.74, 6) is 1.03. The second-order valence-corrected chi connectivity index (χ2v) is 18.0. The summed E-state index contributed by atoms with van der Waals surface area (Å²) in [4.78, 5) is 27.2. The molecular weight excluding hydrogens is 797 g/mol. The van der Waals surface area contributed by atoms with Crippen molar-refractivity contribution in [2.75, 3.05) is 26.4 Å². The molecule has 0 radical (unpaired) electrons. The smallest absolute Gasteiger partial charge is 0.330 e. The van der Waals surface area contributed by atoms with E-state index in [-0.39, 0.29) is 17.4 Å². The van der Waals surface area contributed by atoms with Crippen molar-refractivity contribution in [3.05, 3.63) is 146 Å². The fourth-order valence-electron chi connectivity index (χ4n) is 7.73. The SMILES string of the molecule is C=CC(=O)OCCCCCCOc1ccc(-c2ccc(-c3ccc4c(c3)C(C)(C)c3cc(-c5ccc(-c6ccc(OCCCCCCOC(=O)C=C)cc6)s5)ccc3-4)s2)cc1. The Labute approximate surface area is 368 Å². The van der Waals surface area contributed by atoms with Crippen LogP contribution in [-0.2, 0) is 24.5 Å². The molecule has 1 aliphatic carbocycles. The lowest BCUT2D eigenvalue weighted by Crippen LogP contribution is -2.15. The van der Waals surface area contributed by atoms with Crippen molar-refractivity contribution in [3.63, 3.8) is 0 Å². The molecule has 0 fully saturated rings. The first kappa shape index (κ1) is 43.4. The van der Waals surface area contributed by atoms with Gasteiger partial charge < -0.3 is 18.9 Å². The van der Waals surface area contributed by atoms with Crippen LogP contribution in [0.3, 0.4) is 0 Å². The summed E-state index contributed by atoms with van der Waals surface area (Å²) in [6, 6.07) is 39.7. The van der Waals surface area contributed by atoms with Crippen molar-refractivity contribution in [3.8, 4) is 64.4 Å². The molecule has 4 aromatic carbocycles. The highest BCUT2D eigenvalue weighted by Gasteiger charge is 2.36. The fraction of sp³-hybridized carbons (Fsp3) is 0.283. The fourth-order valence-corrected chi connectivity index (χ4v) is 9.75. The maximum absolute atomic E-state index is 11.1. The molecule has 61 heavy (non-hydrogen) atoms. The minimum Gasteiger partial charge on any atom is -0.494 e. The Morgan fingerprint density at radius 1 is 0.475 bits per heavy atom. The normalized spacial score (nSPS) is 12.3. The molecule has 0 saturated carbocycles. The van der Waals surface area contributed by atoms with E-state index in [1.807, 2.05) is 22.7 Å². The van der Waals surface area contributed by atoms with Gasteiger partial charge in [-0.25, -0.2) is 9.59 Å². The lowest BCUT2D eigenvalue weighted by molar-refractivity contribution is -0.138. The topological polar surface area (TPSA) is 71.1 Å². The lowest BCUT2D eigenvalue weighted by atomic mass is 9.81. The van der Waals surface area contributed by atoms with Crippen LogP contribution >= 0.6 is 22.7 Å². The zero-order chi connectivity index (χ0) is 42.6. The van der Waals surface area contributed by atoms with Crippen LogP contribution in [0.4, 0.5) is 0 Å². The molecule has 2 aromatic heterocycles. The van der Waals surface area contributed by atoms with Gasteiger partial charge in [0.2, 0.25) is 0 Å². The zero-order valence-corrected chi connectivity index (χ0v) is 36.8. The van der Waals surface area contributed by atoms with Gasteiger partial charge in [-0.2, -0.15) is 0 Å². The third-order valence-corrected chi connectivity index (χ3v) is 13.5. The van der Waals surface area contributed by atoms with Crippen LogP contribution in [0.2, 0.25) is 0 Å². The number of esters is 2. The number of hydrogen-bond acceptors (Lipinski definition) is 8. The third kappa shape index (κ3) is 11.0. The summed E-state index contributed by atoms with van der Waals surface area (Å²) >= 11 is 3.64. The Hall–Kier alpha value is -5.70. The Balaban J connectivity index is 0.919. The summed E-state index contributed by atoms with van der Waals surface area (Å²) in [6.45, 7) is 13.8. The van der Waals surface area contributed by atoms with Gasteiger partial charge in [0.05, 0.1) is 26.4 Å². The van der Waals surface area contributed by atoms with E-state index in [0.29, 0.717) is 26.4 Å². The molecule has 0 saturated heterocycles. The number of rotatable bonds is 22. The number of carbonyl (C=O) groups is 2. The number of unbranched alkanes of at least 4 members (excludes halogenated alkanes) is 6. The molecule has 0 N–H and O–H groups in total. The second-order valence-electron chi connectivity index (χ2n) is 15.8. The zero-order valence-electron chi connectivity index (χ0n) is 35.2. The van der Waals surface area contributed by atoms with Gasteiger partial charge in [0.25, 0.3) is 0 Å². The molecule has 0 bridgehead atoms. The van der Waals surface area contributed by atoms with E-state index in [2.05, 4.69) is 136 Å². The summed E-state index contributed by atoms with van der Waals surface area (Å²) in [5, 5.41) is 0. The summed E-state index contributed by atoms with van der Waals surface area (Å²) in [5.41, 5.74) is 10.1. The molecule has 7 rings (SSSR count). The molecule has 0 unspecified atom stereocenters. The molecule has 2 heterocycles. The molecule has 0 aliphatic heterocycles. The van der Waals surface area contributed by atoms with Gasteiger partial charge >= 0.3 is 11.9 Å². The van der Waals surface area contributed by atoms with Crippen molar-refractivity contribution in [2.24, 2.45) is 0 Å². The van der Waals surface area contributed by atoms with E-state index < -0.39 is 0 Å². The number of hydrogen-bond donors (Lipinski definition) is 0. The maximum atomic E-state index is 11.1. The monoisotopic (exact) mass is 850 g/mol. The van der Waals surface area contributed by atoms with Crippen LogP contribution in [0.5, 0.6) is 11.5 Å². The quantitative estimate of drug-likeness (QED) is 0.0385. The largest absolute Gasteiger partial charge is 0.494 e. The summed E-state index contributed by atoms with van der Waals surface area (Å²) < 4.78 is 22.1. The van der Waals surface area contributed by atoms with Gasteiger partial charge in [-0.3, -0.25) is 0 Å². The van der Waals surface area contributed by atoms with Crippen molar-refractivity contribution in [1.29, 1.82) is 0 Å². The molecular formula is C53H54O6S2. The predicted molar refractivity (Wildman–Crippen MR) is 252 cm³/mol. The highest BCUT2D eigenvalue weighted by molar-refractivity contribution is 7.19. The van der Waals surface area contributed by atoms with Crippen LogP contribution in [0.25, 0.3) is 52.9 Å². The maximum Gasteiger partial charge on any atom is 0.330 e. The van der Waals surface area contributed by atoms with Gasteiger partial charge in [0, 0.05) is 37.1 Å². The van der Waals surface area contributed by atoms with Gasteiger partial charge in [-0.1, -0.05) is 51.3 Å². The average molecular weight is 851 g/mol. The molecule has 6 nitrogen and oxygen atoms in total. The first-order valence-corrected chi connectivity index (χ1v) is 22.9. The Kier molecular flexibility index (Phi) is 14.7. The predicted octanol–water partition coefficient (Wildman–Crippen LogP) is 14.1. The number of carbonyl (C=O) groups excluding carboxylic acids is 2. The molecule has 1 aliphatic rings. The Bertz CT molecular complexity index is 2270. The highest BCUT2D eigenvalue weighted by atomic mass is 32.1. The van der Waals surface area contributed by atoms with E-state index in [4.69, 9.17) is 18.9 Å². The molecule has 6 aromatic rings. The van der Waals surface area contributed by atoms with Gasteiger partial charge in [-0.05, 0) is 181 Å². The van der Waals surface area contributed by atoms with Gasteiger partial charge in [0.15, 0.2) is 0 Å². The van der Waals surface area contributed by atoms with Crippen molar-refractivity contribution in [2.45, 2.75) is 70.6 Å². The summed E-state index contributed by atoms with van der Waals surface area (Å²) in [7, 11) is 0. The number of fused-ring (bicyclic) bond motifs is 3. The Morgan fingerprint density at radius 2 is 0.820 bits per heavy atom. The van der Waals surface area contributed by atoms with Gasteiger partial charge in [-0.15, -0.1) is 22.7 Å². The van der Waals surface area contributed by atoms with Crippen LogP contribution in [0, 0.1) is 0 Å². The number of ether oxygens (including phenoxy) is 4. The van der Waals surface area contributed by atoms with E-state index in [9.17, 15) is 9.59 Å². The number of benzene rings is 4. The van der Waals surface area contributed by atoms with Crippen molar-refractivity contribution >= 4 is 34.6 Å². The van der Waals surface area contributed by atoms with E-state index in [0.717, 1.165) is 62.9 Å². The van der Waals surface area contributed by atoms with E-state index in [1.54, 1.807) is 0 Å². The van der Waals surface area contributed by atoms with Crippen LogP contribution in [0.15, 0.2) is 135 Å².